The first-order valence-corrected chi connectivity index (χ1v) is 11.5. The molecule has 4 bridgehead atoms. The van der Waals surface area contributed by atoms with Crippen LogP contribution in [0.5, 0.6) is 5.75 Å². The van der Waals surface area contributed by atoms with Crippen LogP contribution in [-0.2, 0) is 21.4 Å². The van der Waals surface area contributed by atoms with Crippen molar-refractivity contribution in [1.29, 1.82) is 0 Å². The van der Waals surface area contributed by atoms with Gasteiger partial charge in [-0.2, -0.15) is 0 Å². The number of methoxy groups -OCH3 is 1. The number of Topliss-reactive ketones (excluding diaryl/α,β-unsaturated/α-hetero) is 1. The van der Waals surface area contributed by atoms with Gasteiger partial charge in [0.05, 0.1) is 5.92 Å². The molecule has 7 rings (SSSR count). The first-order chi connectivity index (χ1) is 13.9. The van der Waals surface area contributed by atoms with Gasteiger partial charge in [-0.1, -0.05) is 19.1 Å². The third kappa shape index (κ3) is 1.80. The third-order valence-corrected chi connectivity index (χ3v) is 9.73. The number of aryl methyl sites for hydroxylation is 1. The van der Waals surface area contributed by atoms with Crippen molar-refractivity contribution in [2.75, 3.05) is 20.7 Å². The molecule has 156 valence electrons. The number of hydrogen-bond donors (Lipinski definition) is 0. The Hall–Kier alpha value is -1.39. The third-order valence-electron chi connectivity index (χ3n) is 9.73. The predicted octanol–water partition coefficient (Wildman–Crippen LogP) is 3.81. The SMILES string of the molecule is CCCC(=O)[C@H]1C[C@@]23CC[C@@]1(OC)[C@@H]1Oc4c(C)ccc5c4[C@@]12CCN(C)[C@@H]3C5. The van der Waals surface area contributed by atoms with Crippen molar-refractivity contribution in [3.63, 3.8) is 0 Å². The number of benzene rings is 1. The van der Waals surface area contributed by atoms with Gasteiger partial charge in [-0.3, -0.25) is 4.79 Å². The van der Waals surface area contributed by atoms with E-state index in [0.29, 0.717) is 18.2 Å². The number of ketones is 1. The van der Waals surface area contributed by atoms with Crippen molar-refractivity contribution in [1.82, 2.24) is 4.90 Å². The van der Waals surface area contributed by atoms with E-state index in [-0.39, 0.29) is 22.9 Å². The van der Waals surface area contributed by atoms with Crippen molar-refractivity contribution < 1.29 is 14.3 Å². The summed E-state index contributed by atoms with van der Waals surface area (Å²) in [5, 5.41) is 0. The van der Waals surface area contributed by atoms with Crippen LogP contribution in [0.25, 0.3) is 0 Å². The largest absolute Gasteiger partial charge is 0.486 e. The molecule has 6 atom stereocenters. The fourth-order valence-electron chi connectivity index (χ4n) is 8.62. The second kappa shape index (κ2) is 5.64. The second-order valence-corrected chi connectivity index (χ2v) is 10.5. The van der Waals surface area contributed by atoms with Crippen LogP contribution in [0.2, 0.25) is 0 Å². The van der Waals surface area contributed by atoms with Gasteiger partial charge >= 0.3 is 0 Å². The van der Waals surface area contributed by atoms with Gasteiger partial charge in [0.25, 0.3) is 0 Å². The highest BCUT2D eigenvalue weighted by Gasteiger charge is 2.80. The second-order valence-electron chi connectivity index (χ2n) is 10.5. The average molecular weight is 396 g/mol. The average Bonchev–Trinajstić information content (AvgIpc) is 3.09. The molecule has 3 saturated carbocycles. The smallest absolute Gasteiger partial charge is 0.139 e. The van der Waals surface area contributed by atoms with Crippen LogP contribution in [0.15, 0.2) is 12.1 Å². The van der Waals surface area contributed by atoms with Gasteiger partial charge in [0.1, 0.15) is 23.2 Å². The summed E-state index contributed by atoms with van der Waals surface area (Å²) >= 11 is 0. The van der Waals surface area contributed by atoms with Crippen molar-refractivity contribution >= 4 is 5.78 Å². The van der Waals surface area contributed by atoms with Gasteiger partial charge in [0, 0.05) is 36.0 Å². The molecule has 1 aromatic carbocycles. The van der Waals surface area contributed by atoms with Gasteiger partial charge in [0.2, 0.25) is 0 Å². The van der Waals surface area contributed by atoms with Crippen LogP contribution < -0.4 is 4.74 Å². The van der Waals surface area contributed by atoms with E-state index in [2.05, 4.69) is 37.9 Å². The molecule has 2 heterocycles. The molecular formula is C25H33NO3. The molecule has 0 radical (unpaired) electrons. The maximum atomic E-state index is 13.4. The zero-order chi connectivity index (χ0) is 20.2. The number of nitrogens with zero attached hydrogens (tertiary/aromatic N) is 1. The van der Waals surface area contributed by atoms with E-state index in [1.165, 1.54) is 16.7 Å². The summed E-state index contributed by atoms with van der Waals surface area (Å²) in [6.07, 6.45) is 6.82. The van der Waals surface area contributed by atoms with E-state index in [9.17, 15) is 4.79 Å². The molecule has 4 nitrogen and oxygen atoms in total. The van der Waals surface area contributed by atoms with Crippen molar-refractivity contribution in [3.05, 3.63) is 28.8 Å². The number of rotatable bonds is 4. The summed E-state index contributed by atoms with van der Waals surface area (Å²) in [6.45, 7) is 5.39. The Balaban J connectivity index is 1.64. The summed E-state index contributed by atoms with van der Waals surface area (Å²) in [6, 6.07) is 5.08. The minimum absolute atomic E-state index is 0.0103. The van der Waals surface area contributed by atoms with Gasteiger partial charge in [0.15, 0.2) is 0 Å². The fraction of sp³-hybridized carbons (Fsp3) is 0.720. The Morgan fingerprint density at radius 3 is 2.90 bits per heavy atom. The van der Waals surface area contributed by atoms with E-state index in [4.69, 9.17) is 9.47 Å². The maximum absolute atomic E-state index is 13.4. The molecule has 1 aromatic rings. The van der Waals surface area contributed by atoms with Gasteiger partial charge in [-0.15, -0.1) is 0 Å². The molecule has 6 aliphatic rings. The highest BCUT2D eigenvalue weighted by Crippen LogP contribution is 2.76. The number of ether oxygens (including phenoxy) is 2. The van der Waals surface area contributed by atoms with E-state index in [1.54, 1.807) is 0 Å². The molecule has 2 aliphatic heterocycles. The summed E-state index contributed by atoms with van der Waals surface area (Å²) in [5.74, 6) is 1.47. The molecule has 0 aromatic heterocycles. The Kier molecular flexibility index (Phi) is 3.58. The summed E-state index contributed by atoms with van der Waals surface area (Å²) < 4.78 is 13.3. The zero-order valence-corrected chi connectivity index (χ0v) is 18.2. The normalized spacial score (nSPS) is 43.8. The topological polar surface area (TPSA) is 38.8 Å². The summed E-state index contributed by atoms with van der Waals surface area (Å²) in [4.78, 5) is 16.0. The lowest BCUT2D eigenvalue weighted by Crippen LogP contribution is -2.81. The number of carbonyl (C=O) groups excluding carboxylic acids is 1. The van der Waals surface area contributed by atoms with Crippen molar-refractivity contribution in [3.8, 4) is 5.75 Å². The van der Waals surface area contributed by atoms with Gasteiger partial charge in [-0.25, -0.2) is 0 Å². The molecule has 0 N–H and O–H groups in total. The van der Waals surface area contributed by atoms with Gasteiger partial charge in [-0.05, 0) is 70.2 Å². The van der Waals surface area contributed by atoms with E-state index in [0.717, 1.165) is 50.8 Å². The van der Waals surface area contributed by atoms with E-state index >= 15 is 0 Å². The predicted molar refractivity (Wildman–Crippen MR) is 111 cm³/mol. The van der Waals surface area contributed by atoms with Crippen LogP contribution in [0.1, 0.15) is 62.1 Å². The number of carbonyl (C=O) groups is 1. The van der Waals surface area contributed by atoms with Crippen LogP contribution in [0, 0.1) is 18.3 Å². The van der Waals surface area contributed by atoms with E-state index < -0.39 is 5.60 Å². The summed E-state index contributed by atoms with van der Waals surface area (Å²) in [5.41, 5.74) is 3.87. The molecular weight excluding hydrogens is 362 g/mol. The Bertz CT molecular complexity index is 912. The maximum Gasteiger partial charge on any atom is 0.139 e. The Labute approximate surface area is 173 Å². The van der Waals surface area contributed by atoms with Crippen molar-refractivity contribution in [2.24, 2.45) is 11.3 Å². The lowest BCUT2D eigenvalue weighted by Gasteiger charge is -2.73. The molecule has 0 unspecified atom stereocenters. The molecule has 4 fully saturated rings. The molecule has 0 amide bonds. The number of likely N-dealkylation sites (N-methyl/N-ethyl adjacent to an activating group) is 1. The van der Waals surface area contributed by atoms with Crippen LogP contribution in [-0.4, -0.2) is 49.1 Å². The minimum atomic E-state index is -0.478. The standard InChI is InChI=1S/C25H33NO3/c1-5-6-18(27)17-14-23-9-10-25(17,28-4)22-24(23)11-12-26(3)19(23)13-16-8-7-15(2)21(29-22)20(16)24/h7-8,17,19,22H,5-6,9-14H2,1-4H3/t17-,19-,22-,23-,24+,25+/m1/s1. The van der Waals surface area contributed by atoms with E-state index in [1.807, 2.05) is 7.11 Å². The summed E-state index contributed by atoms with van der Waals surface area (Å²) in [7, 11) is 4.13. The van der Waals surface area contributed by atoms with Crippen LogP contribution in [0.3, 0.4) is 0 Å². The number of likely N-dealkylation sites (tertiary alicyclic amines) is 1. The molecule has 4 heteroatoms. The fourth-order valence-corrected chi connectivity index (χ4v) is 8.62. The minimum Gasteiger partial charge on any atom is -0.486 e. The van der Waals surface area contributed by atoms with Gasteiger partial charge < -0.3 is 14.4 Å². The Morgan fingerprint density at radius 2 is 2.14 bits per heavy atom. The lowest BCUT2D eigenvalue weighted by atomic mass is 9.34. The quantitative estimate of drug-likeness (QED) is 0.777. The Morgan fingerprint density at radius 1 is 1.31 bits per heavy atom. The molecule has 4 aliphatic carbocycles. The highest BCUT2D eigenvalue weighted by atomic mass is 16.6. The molecule has 29 heavy (non-hydrogen) atoms. The molecule has 2 spiro atoms. The first kappa shape index (κ1) is 18.4. The number of piperidine rings is 1. The monoisotopic (exact) mass is 395 g/mol. The van der Waals surface area contributed by atoms with Crippen LogP contribution in [0.4, 0.5) is 0 Å². The van der Waals surface area contributed by atoms with Crippen LogP contribution >= 0.6 is 0 Å². The van der Waals surface area contributed by atoms with Crippen molar-refractivity contribution in [2.45, 2.75) is 82.0 Å². The lowest BCUT2D eigenvalue weighted by molar-refractivity contribution is -0.270. The zero-order valence-electron chi connectivity index (χ0n) is 18.2. The highest BCUT2D eigenvalue weighted by molar-refractivity contribution is 5.83. The number of hydrogen-bond acceptors (Lipinski definition) is 4. The number of fused-ring (bicyclic) bond motifs is 2. The first-order valence-electron chi connectivity index (χ1n) is 11.5. The molecule has 1 saturated heterocycles.